The quantitative estimate of drug-likeness (QED) is 0.866. The molecule has 1 aromatic rings. The number of hydrogen-bond donors (Lipinski definition) is 1. The number of nitrogens with one attached hydrogen (secondary N) is 1. The molecule has 1 N–H and O–H groups in total. The minimum absolute atomic E-state index is 0.0129. The summed E-state index contributed by atoms with van der Waals surface area (Å²) < 4.78 is 5.00. The Balaban J connectivity index is 2.13. The minimum atomic E-state index is -0.0492. The lowest BCUT2D eigenvalue weighted by molar-refractivity contribution is -0.122. The van der Waals surface area contributed by atoms with Crippen molar-refractivity contribution in [3.63, 3.8) is 0 Å². The monoisotopic (exact) mass is 283 g/mol. The molecule has 104 valence electrons. The molecule has 1 aromatic heterocycles. The van der Waals surface area contributed by atoms with Crippen LogP contribution in [0.4, 0.5) is 5.95 Å². The number of methoxy groups -OCH3 is 1. The van der Waals surface area contributed by atoms with Crippen LogP contribution >= 0.6 is 11.6 Å². The first-order chi connectivity index (χ1) is 8.92. The first-order valence-electron chi connectivity index (χ1n) is 6.32. The van der Waals surface area contributed by atoms with Gasteiger partial charge in [-0.2, -0.15) is 4.98 Å². The molecule has 1 unspecified atom stereocenters. The Hall–Kier alpha value is -1.36. The standard InChI is InChI=1S/C13H18ClN3O2/c1-13(2)6-4-5-8(13)11(18)17-12-15-9(14)7-10(16-12)19-3/h7-8H,4-6H2,1-3H3,(H,15,16,17,18). The first kappa shape index (κ1) is 14.1. The molecule has 0 bridgehead atoms. The zero-order valence-corrected chi connectivity index (χ0v) is 12.1. The highest BCUT2D eigenvalue weighted by molar-refractivity contribution is 6.29. The zero-order valence-electron chi connectivity index (χ0n) is 11.4. The van der Waals surface area contributed by atoms with E-state index in [2.05, 4.69) is 29.1 Å². The van der Waals surface area contributed by atoms with Gasteiger partial charge in [-0.3, -0.25) is 10.1 Å². The molecule has 1 fully saturated rings. The van der Waals surface area contributed by atoms with Crippen LogP contribution in [-0.2, 0) is 4.79 Å². The molecule has 1 amide bonds. The van der Waals surface area contributed by atoms with Crippen molar-refractivity contribution < 1.29 is 9.53 Å². The Morgan fingerprint density at radius 1 is 1.53 bits per heavy atom. The van der Waals surface area contributed by atoms with E-state index in [9.17, 15) is 4.79 Å². The van der Waals surface area contributed by atoms with Crippen LogP contribution in [0.15, 0.2) is 6.07 Å². The molecule has 0 aromatic carbocycles. The summed E-state index contributed by atoms with van der Waals surface area (Å²) in [5.74, 6) is 0.464. The van der Waals surface area contributed by atoms with Crippen molar-refractivity contribution in [1.82, 2.24) is 9.97 Å². The van der Waals surface area contributed by atoms with E-state index < -0.39 is 0 Å². The average Bonchev–Trinajstić information content (AvgIpc) is 2.68. The van der Waals surface area contributed by atoms with E-state index in [0.717, 1.165) is 19.3 Å². The molecule has 1 aliphatic rings. The van der Waals surface area contributed by atoms with Crippen molar-refractivity contribution in [2.45, 2.75) is 33.1 Å². The Bertz CT molecular complexity index is 491. The number of carbonyl (C=O) groups excluding carboxylic acids is 1. The molecule has 6 heteroatoms. The van der Waals surface area contributed by atoms with E-state index in [1.165, 1.54) is 13.2 Å². The van der Waals surface area contributed by atoms with E-state index >= 15 is 0 Å². The second kappa shape index (κ2) is 5.33. The summed E-state index contributed by atoms with van der Waals surface area (Å²) in [6.07, 6.45) is 3.03. The Labute approximate surface area is 117 Å². The lowest BCUT2D eigenvalue weighted by Crippen LogP contribution is -2.31. The highest BCUT2D eigenvalue weighted by Gasteiger charge is 2.39. The number of carbonyl (C=O) groups is 1. The number of aromatic nitrogens is 2. The van der Waals surface area contributed by atoms with Gasteiger partial charge in [-0.05, 0) is 18.3 Å². The van der Waals surface area contributed by atoms with Crippen LogP contribution in [0, 0.1) is 11.3 Å². The molecule has 2 rings (SSSR count). The summed E-state index contributed by atoms with van der Waals surface area (Å²) in [7, 11) is 1.49. The van der Waals surface area contributed by atoms with E-state index in [1.54, 1.807) is 0 Å². The molecule has 0 aliphatic heterocycles. The third-order valence-electron chi connectivity index (χ3n) is 3.69. The highest BCUT2D eigenvalue weighted by Crippen LogP contribution is 2.42. The van der Waals surface area contributed by atoms with E-state index in [0.29, 0.717) is 5.88 Å². The van der Waals surface area contributed by atoms with Gasteiger partial charge in [0.05, 0.1) is 7.11 Å². The van der Waals surface area contributed by atoms with Crippen LogP contribution < -0.4 is 10.1 Å². The van der Waals surface area contributed by atoms with Crippen molar-refractivity contribution >= 4 is 23.5 Å². The van der Waals surface area contributed by atoms with Gasteiger partial charge in [0, 0.05) is 12.0 Å². The highest BCUT2D eigenvalue weighted by atomic mass is 35.5. The van der Waals surface area contributed by atoms with Gasteiger partial charge in [0.2, 0.25) is 17.7 Å². The predicted molar refractivity (Wildman–Crippen MR) is 73.3 cm³/mol. The van der Waals surface area contributed by atoms with Gasteiger partial charge in [-0.1, -0.05) is 31.9 Å². The number of halogens is 1. The largest absolute Gasteiger partial charge is 0.481 e. The lowest BCUT2D eigenvalue weighted by atomic mass is 9.81. The zero-order chi connectivity index (χ0) is 14.0. The van der Waals surface area contributed by atoms with Crippen LogP contribution in [-0.4, -0.2) is 23.0 Å². The van der Waals surface area contributed by atoms with Crippen molar-refractivity contribution in [2.24, 2.45) is 11.3 Å². The van der Waals surface area contributed by atoms with Gasteiger partial charge < -0.3 is 4.74 Å². The van der Waals surface area contributed by atoms with Crippen molar-refractivity contribution in [2.75, 3.05) is 12.4 Å². The number of ether oxygens (including phenoxy) is 1. The maximum Gasteiger partial charge on any atom is 0.234 e. The summed E-state index contributed by atoms with van der Waals surface area (Å²) in [6, 6.07) is 1.50. The van der Waals surface area contributed by atoms with Crippen molar-refractivity contribution in [3.05, 3.63) is 11.2 Å². The smallest absolute Gasteiger partial charge is 0.234 e. The second-order valence-electron chi connectivity index (χ2n) is 5.48. The van der Waals surface area contributed by atoms with E-state index in [-0.39, 0.29) is 28.3 Å². The average molecular weight is 284 g/mol. The summed E-state index contributed by atoms with van der Waals surface area (Å²) in [5.41, 5.74) is 0.0206. The summed E-state index contributed by atoms with van der Waals surface area (Å²) in [4.78, 5) is 20.3. The van der Waals surface area contributed by atoms with Crippen LogP contribution in [0.3, 0.4) is 0 Å². The maximum absolute atomic E-state index is 12.3. The summed E-state index contributed by atoms with van der Waals surface area (Å²) >= 11 is 5.85. The molecule has 0 saturated heterocycles. The SMILES string of the molecule is COc1cc(Cl)nc(NC(=O)C2CCCC2(C)C)n1. The van der Waals surface area contributed by atoms with Crippen LogP contribution in [0.25, 0.3) is 0 Å². The Morgan fingerprint density at radius 3 is 2.84 bits per heavy atom. The summed E-state index contributed by atoms with van der Waals surface area (Å²) in [6.45, 7) is 4.23. The Morgan fingerprint density at radius 2 is 2.26 bits per heavy atom. The van der Waals surface area contributed by atoms with Gasteiger partial charge in [0.25, 0.3) is 0 Å². The molecule has 1 heterocycles. The minimum Gasteiger partial charge on any atom is -0.481 e. The number of anilines is 1. The molecule has 0 radical (unpaired) electrons. The normalized spacial score (nSPS) is 21.2. The molecule has 1 saturated carbocycles. The second-order valence-corrected chi connectivity index (χ2v) is 5.87. The molecule has 5 nitrogen and oxygen atoms in total. The van der Waals surface area contributed by atoms with Gasteiger partial charge in [0.1, 0.15) is 5.15 Å². The van der Waals surface area contributed by atoms with E-state index in [4.69, 9.17) is 16.3 Å². The summed E-state index contributed by atoms with van der Waals surface area (Å²) in [5, 5.41) is 2.97. The lowest BCUT2D eigenvalue weighted by Gasteiger charge is -2.25. The molecule has 1 atom stereocenters. The molecular weight excluding hydrogens is 266 g/mol. The van der Waals surface area contributed by atoms with Gasteiger partial charge in [-0.15, -0.1) is 0 Å². The fourth-order valence-corrected chi connectivity index (χ4v) is 2.74. The fourth-order valence-electron chi connectivity index (χ4n) is 2.57. The Kier molecular flexibility index (Phi) is 3.94. The van der Waals surface area contributed by atoms with Crippen molar-refractivity contribution in [1.29, 1.82) is 0 Å². The van der Waals surface area contributed by atoms with Crippen molar-refractivity contribution in [3.8, 4) is 5.88 Å². The van der Waals surface area contributed by atoms with Crippen LogP contribution in [0.2, 0.25) is 5.15 Å². The van der Waals surface area contributed by atoms with Crippen LogP contribution in [0.5, 0.6) is 5.88 Å². The van der Waals surface area contributed by atoms with Gasteiger partial charge >= 0.3 is 0 Å². The third kappa shape index (κ3) is 3.15. The third-order valence-corrected chi connectivity index (χ3v) is 3.88. The van der Waals surface area contributed by atoms with E-state index in [1.807, 2.05) is 0 Å². The molecular formula is C13H18ClN3O2. The molecule has 19 heavy (non-hydrogen) atoms. The fraction of sp³-hybridized carbons (Fsp3) is 0.615. The van der Waals surface area contributed by atoms with Crippen LogP contribution in [0.1, 0.15) is 33.1 Å². The number of nitrogens with zero attached hydrogens (tertiary/aromatic N) is 2. The van der Waals surface area contributed by atoms with Gasteiger partial charge in [0.15, 0.2) is 0 Å². The number of hydrogen-bond acceptors (Lipinski definition) is 4. The number of amides is 1. The van der Waals surface area contributed by atoms with Gasteiger partial charge in [-0.25, -0.2) is 4.98 Å². The first-order valence-corrected chi connectivity index (χ1v) is 6.69. The topological polar surface area (TPSA) is 64.1 Å². The predicted octanol–water partition coefficient (Wildman–Crippen LogP) is 2.90. The molecule has 0 spiro atoms. The molecule has 1 aliphatic carbocycles. The number of rotatable bonds is 3. The maximum atomic E-state index is 12.3.